The lowest BCUT2D eigenvalue weighted by Gasteiger charge is -2.49. The topological polar surface area (TPSA) is 96.8 Å². The van der Waals surface area contributed by atoms with E-state index in [-0.39, 0.29) is 6.04 Å². The van der Waals surface area contributed by atoms with Crippen molar-refractivity contribution in [2.45, 2.75) is 38.4 Å². The van der Waals surface area contributed by atoms with E-state index in [9.17, 15) is 8.78 Å². The van der Waals surface area contributed by atoms with Crippen LogP contribution < -0.4 is 9.62 Å². The number of allylic oxidation sites excluding steroid dienone is 1. The molecule has 3 atom stereocenters. The van der Waals surface area contributed by atoms with E-state index >= 15 is 0 Å². The third-order valence-electron chi connectivity index (χ3n) is 5.64. The summed E-state index contributed by atoms with van der Waals surface area (Å²) in [7, 11) is 2.16. The van der Waals surface area contributed by atoms with Gasteiger partial charge in [0.2, 0.25) is 0 Å². The minimum atomic E-state index is -2.81. The van der Waals surface area contributed by atoms with Crippen LogP contribution in [0.2, 0.25) is 0 Å². The van der Waals surface area contributed by atoms with Crippen molar-refractivity contribution in [2.24, 2.45) is 0 Å². The van der Waals surface area contributed by atoms with Gasteiger partial charge < -0.3 is 9.88 Å². The molecular weight excluding hydrogens is 422 g/mol. The number of hydrogen-bond donors (Lipinski definition) is 3. The van der Waals surface area contributed by atoms with Gasteiger partial charge in [-0.25, -0.2) is 23.7 Å². The van der Waals surface area contributed by atoms with Gasteiger partial charge in [0.15, 0.2) is 0 Å². The normalized spacial score (nSPS) is 22.5. The zero-order chi connectivity index (χ0) is 22.5. The largest absolute Gasteiger partial charge is 0.351 e. The molecule has 3 N–H and O–H groups in total. The van der Waals surface area contributed by atoms with Gasteiger partial charge in [-0.3, -0.25) is 15.0 Å². The molecule has 0 amide bonds. The van der Waals surface area contributed by atoms with E-state index in [1.165, 1.54) is 12.4 Å². The first kappa shape index (κ1) is 23.3. The van der Waals surface area contributed by atoms with Crippen molar-refractivity contribution in [3.63, 3.8) is 0 Å². The molecule has 31 heavy (non-hydrogen) atoms. The number of rotatable bonds is 8. The molecule has 3 heterocycles. The molecule has 0 radical (unpaired) electrons. The monoisotopic (exact) mass is 450 g/mol. The van der Waals surface area contributed by atoms with Gasteiger partial charge in [0.05, 0.1) is 23.3 Å². The summed E-state index contributed by atoms with van der Waals surface area (Å²) in [5.74, 6) is 1.21. The van der Waals surface area contributed by atoms with Crippen LogP contribution in [0.4, 0.5) is 14.6 Å². The predicted molar refractivity (Wildman–Crippen MR) is 122 cm³/mol. The summed E-state index contributed by atoms with van der Waals surface area (Å²) < 4.78 is 28.3. The smallest absolute Gasteiger partial charge is 0.279 e. The number of anilines is 1. The molecule has 0 saturated carbocycles. The molecule has 3 unspecified atom stereocenters. The Balaban J connectivity index is 1.81. The minimum absolute atomic E-state index is 0.240. The summed E-state index contributed by atoms with van der Waals surface area (Å²) in [5.41, 5.74) is 0.562. The average Bonchev–Trinajstić information content (AvgIpc) is 3.23. The fourth-order valence-electron chi connectivity index (χ4n) is 3.68. The highest BCUT2D eigenvalue weighted by molar-refractivity contribution is 7.96. The van der Waals surface area contributed by atoms with Crippen molar-refractivity contribution in [3.8, 4) is 11.4 Å². The van der Waals surface area contributed by atoms with E-state index in [1.54, 1.807) is 18.1 Å². The maximum absolute atomic E-state index is 12.5. The number of hydrogen-bond acceptors (Lipinski definition) is 8. The van der Waals surface area contributed by atoms with Crippen LogP contribution >= 0.6 is 11.9 Å². The fourth-order valence-corrected chi connectivity index (χ4v) is 4.02. The highest BCUT2D eigenvalue weighted by Crippen LogP contribution is 2.27. The Labute approximate surface area is 185 Å². The molecule has 0 aromatic carbocycles. The van der Waals surface area contributed by atoms with Gasteiger partial charge in [0, 0.05) is 37.3 Å². The SMILES string of the molecule is CSNCC1C(C)N(c2cc(-c3cnc(/C=C\C(=N)C(F)F)[nH]3)ncn2)CC(C)N1C. The van der Waals surface area contributed by atoms with Crippen LogP contribution in [0.15, 0.2) is 24.7 Å². The Morgan fingerprint density at radius 3 is 2.87 bits per heavy atom. The first-order valence-corrected chi connectivity index (χ1v) is 11.2. The zero-order valence-corrected chi connectivity index (χ0v) is 18.8. The first-order valence-electron chi connectivity index (χ1n) is 9.98. The van der Waals surface area contributed by atoms with E-state index in [2.05, 4.69) is 55.4 Å². The number of nitrogens with zero attached hydrogens (tertiary/aromatic N) is 5. The molecule has 11 heteroatoms. The lowest BCUT2D eigenvalue weighted by atomic mass is 9.99. The molecule has 1 saturated heterocycles. The van der Waals surface area contributed by atoms with Crippen molar-refractivity contribution in [1.29, 1.82) is 5.41 Å². The minimum Gasteiger partial charge on any atom is -0.351 e. The molecule has 1 aliphatic heterocycles. The number of halogens is 2. The molecule has 2 aromatic rings. The first-order chi connectivity index (χ1) is 14.8. The predicted octanol–water partition coefficient (Wildman–Crippen LogP) is 2.93. The average molecular weight is 451 g/mol. The lowest BCUT2D eigenvalue weighted by molar-refractivity contribution is 0.129. The van der Waals surface area contributed by atoms with Gasteiger partial charge >= 0.3 is 0 Å². The molecule has 1 fully saturated rings. The van der Waals surface area contributed by atoms with E-state index in [4.69, 9.17) is 5.41 Å². The molecule has 1 aliphatic rings. The number of aromatic nitrogens is 4. The second-order valence-electron chi connectivity index (χ2n) is 7.56. The Morgan fingerprint density at radius 2 is 2.16 bits per heavy atom. The van der Waals surface area contributed by atoms with Gasteiger partial charge in [-0.15, -0.1) is 0 Å². The van der Waals surface area contributed by atoms with Gasteiger partial charge in [-0.05, 0) is 39.3 Å². The molecule has 3 rings (SSSR count). The van der Waals surface area contributed by atoms with E-state index in [0.717, 1.165) is 25.0 Å². The lowest BCUT2D eigenvalue weighted by Crippen LogP contribution is -2.63. The Hall–Kier alpha value is -2.37. The number of likely N-dealkylation sites (N-methyl/N-ethyl adjacent to an activating group) is 1. The summed E-state index contributed by atoms with van der Waals surface area (Å²) >= 11 is 1.61. The fraction of sp³-hybridized carbons (Fsp3) is 0.500. The van der Waals surface area contributed by atoms with Crippen molar-refractivity contribution < 1.29 is 8.78 Å². The summed E-state index contributed by atoms with van der Waals surface area (Å²) in [4.78, 5) is 20.8. The van der Waals surface area contributed by atoms with E-state index in [0.29, 0.717) is 29.3 Å². The van der Waals surface area contributed by atoms with E-state index in [1.807, 2.05) is 12.3 Å². The molecule has 0 bridgehead atoms. The number of H-pyrrole nitrogens is 1. The van der Waals surface area contributed by atoms with Crippen LogP contribution in [0.25, 0.3) is 17.5 Å². The van der Waals surface area contributed by atoms with Crippen LogP contribution in [0.1, 0.15) is 19.7 Å². The number of aromatic amines is 1. The summed E-state index contributed by atoms with van der Waals surface area (Å²) in [6.07, 6.45) is 4.73. The molecule has 8 nitrogen and oxygen atoms in total. The third-order valence-corrected chi connectivity index (χ3v) is 6.09. The highest BCUT2D eigenvalue weighted by atomic mass is 32.2. The second-order valence-corrected chi connectivity index (χ2v) is 8.26. The molecule has 0 spiro atoms. The van der Waals surface area contributed by atoms with E-state index < -0.39 is 12.1 Å². The Kier molecular flexibility index (Phi) is 7.74. The van der Waals surface area contributed by atoms with Gasteiger partial charge in [0.25, 0.3) is 6.43 Å². The number of piperazine rings is 1. The van der Waals surface area contributed by atoms with Crippen LogP contribution in [0.3, 0.4) is 0 Å². The second kappa shape index (κ2) is 10.3. The number of imidazole rings is 1. The van der Waals surface area contributed by atoms with Gasteiger partial charge in [0.1, 0.15) is 18.0 Å². The summed E-state index contributed by atoms with van der Waals surface area (Å²) in [6, 6.07) is 2.83. The molecule has 0 aliphatic carbocycles. The van der Waals surface area contributed by atoms with Crippen molar-refractivity contribution in [3.05, 3.63) is 30.5 Å². The molecule has 168 valence electrons. The Bertz CT molecular complexity index is 918. The van der Waals surface area contributed by atoms with Gasteiger partial charge in [-0.1, -0.05) is 11.9 Å². The quantitative estimate of drug-likeness (QED) is 0.420. The van der Waals surface area contributed by atoms with Crippen LogP contribution in [-0.2, 0) is 0 Å². The Morgan fingerprint density at radius 1 is 1.39 bits per heavy atom. The number of alkyl halides is 2. The van der Waals surface area contributed by atoms with Crippen molar-refractivity contribution in [2.75, 3.05) is 31.3 Å². The van der Waals surface area contributed by atoms with Crippen LogP contribution in [0.5, 0.6) is 0 Å². The third kappa shape index (κ3) is 5.46. The zero-order valence-electron chi connectivity index (χ0n) is 18.0. The standard InChI is InChI=1S/C20H28F2N8S/c1-12-10-30(13(2)17(29(12)3)9-27-31-4)19-7-15(25-11-26-19)16-8-24-18(28-16)6-5-14(23)20(21)22/h5-8,11-13,17,20,23,27H,9-10H2,1-4H3,(H,24,28)/b6-5-,23-14?. The summed E-state index contributed by atoms with van der Waals surface area (Å²) in [6.45, 7) is 6.11. The van der Waals surface area contributed by atoms with Gasteiger partial charge in [-0.2, -0.15) is 0 Å². The highest BCUT2D eigenvalue weighted by Gasteiger charge is 2.36. The maximum Gasteiger partial charge on any atom is 0.279 e. The maximum atomic E-state index is 12.5. The van der Waals surface area contributed by atoms with Crippen LogP contribution in [-0.4, -0.2) is 81.5 Å². The number of nitrogens with one attached hydrogen (secondary N) is 3. The molecular formula is C20H28F2N8S. The summed E-state index contributed by atoms with van der Waals surface area (Å²) in [5, 5.41) is 7.20. The van der Waals surface area contributed by atoms with Crippen molar-refractivity contribution >= 4 is 29.6 Å². The molecule has 2 aromatic heterocycles. The van der Waals surface area contributed by atoms with Crippen LogP contribution in [0, 0.1) is 5.41 Å². The van der Waals surface area contributed by atoms with Crippen molar-refractivity contribution in [1.82, 2.24) is 29.6 Å².